The van der Waals surface area contributed by atoms with Crippen LogP contribution in [0.3, 0.4) is 0 Å². The van der Waals surface area contributed by atoms with E-state index in [0.717, 1.165) is 0 Å². The van der Waals surface area contributed by atoms with Crippen molar-refractivity contribution in [2.75, 3.05) is 53.9 Å². The van der Waals surface area contributed by atoms with Gasteiger partial charge in [-0.05, 0) is 0 Å². The Hall–Kier alpha value is 1.89. The van der Waals surface area contributed by atoms with E-state index in [-0.39, 0.29) is 61.2 Å². The quantitative estimate of drug-likeness (QED) is 0.354. The van der Waals surface area contributed by atoms with Gasteiger partial charge in [-0.1, -0.05) is 0 Å². The number of methoxy groups -OCH3 is 2. The van der Waals surface area contributed by atoms with Gasteiger partial charge >= 0.3 is 0 Å². The van der Waals surface area contributed by atoms with Crippen molar-refractivity contribution in [2.45, 2.75) is 0 Å². The van der Waals surface area contributed by atoms with Crippen molar-refractivity contribution >= 4 is 23.9 Å². The molecule has 0 aromatic carbocycles. The Morgan fingerprint density at radius 1 is 0.643 bits per heavy atom. The van der Waals surface area contributed by atoms with E-state index in [2.05, 4.69) is 0 Å². The van der Waals surface area contributed by atoms with Gasteiger partial charge in [-0.15, -0.1) is 0 Å². The molecule has 0 fully saturated rings. The number of ether oxygens (including phenoxy) is 4. The summed E-state index contributed by atoms with van der Waals surface area (Å²) in [4.78, 5) is 0. The van der Waals surface area contributed by atoms with Crippen LogP contribution in [0.4, 0.5) is 0 Å². The smallest absolute Gasteiger partial charge is 0.0701 e. The molecule has 0 bridgehead atoms. The van der Waals surface area contributed by atoms with Crippen molar-refractivity contribution in [2.24, 2.45) is 0 Å². The van der Waals surface area contributed by atoms with Crippen LogP contribution in [0.15, 0.2) is 0 Å². The van der Waals surface area contributed by atoms with Crippen molar-refractivity contribution in [3.63, 3.8) is 0 Å². The first-order valence-corrected chi connectivity index (χ1v) is 4.05. The molecule has 0 saturated heterocycles. The summed E-state index contributed by atoms with van der Waals surface area (Å²) in [6.07, 6.45) is 0. The van der Waals surface area contributed by atoms with Gasteiger partial charge < -0.3 is 18.9 Å². The van der Waals surface area contributed by atoms with Gasteiger partial charge in [0.05, 0.1) is 39.6 Å². The molecule has 0 aromatic heterocycles. The third-order valence-electron chi connectivity index (χ3n) is 1.24. The molecular formula is C8H18ErO4Sn. The summed E-state index contributed by atoms with van der Waals surface area (Å²) in [5.74, 6) is 0. The molecule has 0 atom stereocenters. The van der Waals surface area contributed by atoms with Crippen LogP contribution >= 0.6 is 0 Å². The normalized spacial score (nSPS) is 9.00. The van der Waals surface area contributed by atoms with Crippen LogP contribution in [-0.2, 0) is 18.9 Å². The summed E-state index contributed by atoms with van der Waals surface area (Å²) in [6, 6.07) is 0. The van der Waals surface area contributed by atoms with E-state index in [0.29, 0.717) is 39.6 Å². The average Bonchev–Trinajstić information content (AvgIpc) is 2.10. The molecule has 0 heterocycles. The SMILES string of the molecule is COCCOCCOCCOC.[Er].[Sn]. The largest absolute Gasteiger partial charge is 0.382 e. The van der Waals surface area contributed by atoms with Crippen molar-refractivity contribution in [3.8, 4) is 0 Å². The predicted molar refractivity (Wildman–Crippen MR) is 51.1 cm³/mol. The van der Waals surface area contributed by atoms with E-state index >= 15 is 0 Å². The van der Waals surface area contributed by atoms with E-state index in [4.69, 9.17) is 18.9 Å². The summed E-state index contributed by atoms with van der Waals surface area (Å²) in [6.45, 7) is 3.77. The van der Waals surface area contributed by atoms with Gasteiger partial charge in [0.2, 0.25) is 0 Å². The third kappa shape index (κ3) is 19.5. The van der Waals surface area contributed by atoms with Crippen LogP contribution in [0.25, 0.3) is 0 Å². The molecule has 4 nitrogen and oxygen atoms in total. The molecule has 14 heavy (non-hydrogen) atoms. The maximum atomic E-state index is 5.16. The van der Waals surface area contributed by atoms with Crippen molar-refractivity contribution in [1.29, 1.82) is 0 Å². The zero-order valence-corrected chi connectivity index (χ0v) is 13.4. The minimum Gasteiger partial charge on any atom is -0.382 e. The number of hydrogen-bond acceptors (Lipinski definition) is 4. The summed E-state index contributed by atoms with van der Waals surface area (Å²) < 4.78 is 19.9. The van der Waals surface area contributed by atoms with Crippen LogP contribution in [0.1, 0.15) is 0 Å². The maximum absolute atomic E-state index is 5.16. The average molecular weight is 464 g/mol. The van der Waals surface area contributed by atoms with E-state index in [1.165, 1.54) is 0 Å². The Kier molecular flexibility index (Phi) is 30.8. The van der Waals surface area contributed by atoms with E-state index in [9.17, 15) is 0 Å². The Bertz CT molecular complexity index is 77.7. The van der Waals surface area contributed by atoms with Crippen LogP contribution < -0.4 is 0 Å². The topological polar surface area (TPSA) is 36.9 Å². The van der Waals surface area contributed by atoms with Gasteiger partial charge in [0.25, 0.3) is 0 Å². The summed E-state index contributed by atoms with van der Waals surface area (Å²) in [7, 11) is 3.30. The number of rotatable bonds is 9. The Labute approximate surface area is 133 Å². The van der Waals surface area contributed by atoms with E-state index in [1.54, 1.807) is 14.2 Å². The van der Waals surface area contributed by atoms with Gasteiger partial charge in [-0.25, -0.2) is 0 Å². The van der Waals surface area contributed by atoms with E-state index < -0.39 is 0 Å². The van der Waals surface area contributed by atoms with Crippen LogP contribution in [0.2, 0.25) is 0 Å². The third-order valence-corrected chi connectivity index (χ3v) is 1.24. The molecule has 0 aliphatic heterocycles. The summed E-state index contributed by atoms with van der Waals surface area (Å²) in [5.41, 5.74) is 0. The van der Waals surface area contributed by atoms with Gasteiger partial charge in [0.15, 0.2) is 0 Å². The van der Waals surface area contributed by atoms with Gasteiger partial charge in [-0.2, -0.15) is 0 Å². The molecule has 0 aromatic rings. The first-order valence-electron chi connectivity index (χ1n) is 4.05. The molecule has 0 amide bonds. The maximum Gasteiger partial charge on any atom is 0.0701 e. The predicted octanol–water partition coefficient (Wildman–Crippen LogP) is -0.0684. The first kappa shape index (κ1) is 21.2. The van der Waals surface area contributed by atoms with Crippen molar-refractivity contribution in [1.82, 2.24) is 0 Å². The Morgan fingerprint density at radius 2 is 0.929 bits per heavy atom. The second-order valence-electron chi connectivity index (χ2n) is 2.21. The molecule has 0 aliphatic rings. The fourth-order valence-corrected chi connectivity index (χ4v) is 0.606. The van der Waals surface area contributed by atoms with Gasteiger partial charge in [0.1, 0.15) is 0 Å². The molecule has 0 unspecified atom stereocenters. The molecule has 4 radical (unpaired) electrons. The van der Waals surface area contributed by atoms with Crippen LogP contribution in [0.5, 0.6) is 0 Å². The van der Waals surface area contributed by atoms with Crippen LogP contribution in [-0.4, -0.2) is 77.8 Å². The van der Waals surface area contributed by atoms with Crippen LogP contribution in [0, 0.1) is 37.3 Å². The van der Waals surface area contributed by atoms with Crippen molar-refractivity contribution < 1.29 is 56.3 Å². The van der Waals surface area contributed by atoms with Gasteiger partial charge in [-0.3, -0.25) is 0 Å². The fourth-order valence-electron chi connectivity index (χ4n) is 0.606. The molecule has 0 aliphatic carbocycles. The molecule has 0 rings (SSSR count). The fraction of sp³-hybridized carbons (Fsp3) is 1.00. The summed E-state index contributed by atoms with van der Waals surface area (Å²) in [5, 5.41) is 0. The zero-order valence-electron chi connectivity index (χ0n) is 8.66. The molecule has 0 spiro atoms. The number of hydrogen-bond donors (Lipinski definition) is 0. The van der Waals surface area contributed by atoms with Crippen molar-refractivity contribution in [3.05, 3.63) is 0 Å². The van der Waals surface area contributed by atoms with E-state index in [1.807, 2.05) is 0 Å². The minimum atomic E-state index is 0. The standard InChI is InChI=1S/C8H18O4.Er.Sn/c1-9-3-5-11-7-8-12-6-4-10-2;;/h3-8H2,1-2H3;;. The Balaban J connectivity index is -0.000000605. The Morgan fingerprint density at radius 3 is 1.21 bits per heavy atom. The second kappa shape index (κ2) is 20.3. The second-order valence-corrected chi connectivity index (χ2v) is 2.21. The van der Waals surface area contributed by atoms with Gasteiger partial charge in [0, 0.05) is 75.4 Å². The minimum absolute atomic E-state index is 0. The first-order chi connectivity index (χ1) is 5.91. The molecule has 6 heteroatoms. The molecule has 0 saturated carbocycles. The monoisotopic (exact) mass is 464 g/mol. The zero-order chi connectivity index (χ0) is 9.07. The molecule has 0 N–H and O–H groups in total. The summed E-state index contributed by atoms with van der Waals surface area (Å²) >= 11 is 0. The molecule has 90 valence electrons. The molecular weight excluding hydrogens is 446 g/mol.